The van der Waals surface area contributed by atoms with Crippen LogP contribution >= 0.6 is 11.8 Å². The summed E-state index contributed by atoms with van der Waals surface area (Å²) in [6.07, 6.45) is 0.271. The lowest BCUT2D eigenvalue weighted by Crippen LogP contribution is -2.51. The van der Waals surface area contributed by atoms with E-state index in [1.807, 2.05) is 11.8 Å². The second kappa shape index (κ2) is 3.70. The molecule has 0 amide bonds. The molecule has 2 unspecified atom stereocenters. The fourth-order valence-electron chi connectivity index (χ4n) is 2.55. The fourth-order valence-corrected chi connectivity index (χ4v) is 4.31. The molecule has 0 N–H and O–H groups in total. The summed E-state index contributed by atoms with van der Waals surface area (Å²) in [5, 5.41) is 0.470. The van der Waals surface area contributed by atoms with Crippen LogP contribution in [0.15, 0.2) is 0 Å². The van der Waals surface area contributed by atoms with Crippen LogP contribution in [-0.2, 0) is 14.2 Å². The quantitative estimate of drug-likeness (QED) is 0.615. The van der Waals surface area contributed by atoms with E-state index >= 15 is 0 Å². The van der Waals surface area contributed by atoms with E-state index in [9.17, 15) is 0 Å². The number of fused-ring (bicyclic) bond motifs is 2. The Morgan fingerprint density at radius 3 is 2.79 bits per heavy atom. The molecule has 14 heavy (non-hydrogen) atoms. The summed E-state index contributed by atoms with van der Waals surface area (Å²) in [6, 6.07) is 0.274. The van der Waals surface area contributed by atoms with Gasteiger partial charge in [-0.05, 0) is 6.92 Å². The van der Waals surface area contributed by atoms with Gasteiger partial charge in [-0.3, -0.25) is 0 Å². The molecule has 2 heterocycles. The molecule has 2 bridgehead atoms. The van der Waals surface area contributed by atoms with Crippen LogP contribution in [0.3, 0.4) is 0 Å². The van der Waals surface area contributed by atoms with Crippen molar-refractivity contribution in [3.8, 4) is 0 Å². The molecule has 0 spiro atoms. The summed E-state index contributed by atoms with van der Waals surface area (Å²) in [4.78, 5) is 0. The molecule has 5 heteroatoms. The van der Waals surface area contributed by atoms with Gasteiger partial charge in [0, 0.05) is 26.0 Å². The summed E-state index contributed by atoms with van der Waals surface area (Å²) in [5.74, 6) is 0.982. The van der Waals surface area contributed by atoms with Gasteiger partial charge >= 0.3 is 0 Å². The summed E-state index contributed by atoms with van der Waals surface area (Å²) in [7, 11) is 5.62. The Labute approximate surface area is 90.3 Å². The average molecular weight is 216 g/mol. The Morgan fingerprint density at radius 2 is 2.29 bits per heavy atom. The zero-order valence-corrected chi connectivity index (χ0v) is 9.97. The Hall–Kier alpha value is 0.295. The third kappa shape index (κ3) is 1.26. The number of ether oxygens (including phenoxy) is 3. The zero-order chi connectivity index (χ0) is 10.3. The van der Waals surface area contributed by atoms with Gasteiger partial charge in [-0.15, -0.1) is 0 Å². The molecule has 2 aliphatic rings. The lowest BCUT2D eigenvalue weighted by molar-refractivity contribution is -0.135. The minimum Gasteiger partial charge on any atom is -0.379 e. The topological polar surface area (TPSA) is 27.7 Å². The fraction of sp³-hybridized carbons (Fsp3) is 1.00. The van der Waals surface area contributed by atoms with Gasteiger partial charge in [-0.25, -0.2) is 0 Å². The Morgan fingerprint density at radius 1 is 1.57 bits per heavy atom. The second-order valence-electron chi connectivity index (χ2n) is 4.09. The molecular weight excluding hydrogens is 199 g/mol. The third-order valence-corrected chi connectivity index (χ3v) is 5.08. The van der Waals surface area contributed by atoms with E-state index in [0.29, 0.717) is 5.25 Å². The van der Waals surface area contributed by atoms with Gasteiger partial charge in [-0.2, -0.15) is 11.8 Å². The maximum Gasteiger partial charge on any atom is 0.140 e. The van der Waals surface area contributed by atoms with Crippen molar-refractivity contribution in [3.05, 3.63) is 0 Å². The molecule has 0 saturated carbocycles. The highest BCUT2D eigenvalue weighted by Gasteiger charge is 2.62. The summed E-state index contributed by atoms with van der Waals surface area (Å²) in [6.45, 7) is 2.06. The van der Waals surface area contributed by atoms with Crippen molar-refractivity contribution in [2.75, 3.05) is 20.0 Å². The van der Waals surface area contributed by atoms with Crippen molar-refractivity contribution >= 4 is 19.6 Å². The molecular formula is C9H17BO3S. The number of hydrogen-bond acceptors (Lipinski definition) is 4. The van der Waals surface area contributed by atoms with Crippen LogP contribution < -0.4 is 0 Å². The van der Waals surface area contributed by atoms with E-state index in [-0.39, 0.29) is 23.8 Å². The van der Waals surface area contributed by atoms with Gasteiger partial charge in [0.15, 0.2) is 0 Å². The Kier molecular flexibility index (Phi) is 2.86. The van der Waals surface area contributed by atoms with Gasteiger partial charge in [-0.1, -0.05) is 0 Å². The minimum atomic E-state index is -0.224. The largest absolute Gasteiger partial charge is 0.379 e. The van der Waals surface area contributed by atoms with Crippen LogP contribution in [0.5, 0.6) is 0 Å². The van der Waals surface area contributed by atoms with E-state index in [4.69, 9.17) is 14.2 Å². The first kappa shape index (κ1) is 10.8. The molecule has 0 aromatic heterocycles. The number of hydrogen-bond donors (Lipinski definition) is 0. The molecule has 3 nitrogen and oxygen atoms in total. The SMILES string of the molecule is B[C@@H]1O[C@]2(C(C)OC)CS[C@H]1C2OC. The van der Waals surface area contributed by atoms with Crippen LogP contribution in [-0.4, -0.2) is 56.9 Å². The molecule has 0 aliphatic carbocycles. The van der Waals surface area contributed by atoms with E-state index in [2.05, 4.69) is 14.8 Å². The van der Waals surface area contributed by atoms with Gasteiger partial charge in [0.2, 0.25) is 0 Å². The molecule has 0 aromatic carbocycles. The molecule has 0 aromatic rings. The second-order valence-corrected chi connectivity index (χ2v) is 5.25. The van der Waals surface area contributed by atoms with Crippen molar-refractivity contribution in [3.63, 3.8) is 0 Å². The highest BCUT2D eigenvalue weighted by atomic mass is 32.2. The molecule has 2 saturated heterocycles. The van der Waals surface area contributed by atoms with Crippen LogP contribution in [0.25, 0.3) is 0 Å². The molecule has 5 atom stereocenters. The van der Waals surface area contributed by atoms with E-state index < -0.39 is 0 Å². The lowest BCUT2D eigenvalue weighted by Gasteiger charge is -2.35. The molecule has 0 radical (unpaired) electrons. The van der Waals surface area contributed by atoms with E-state index in [0.717, 1.165) is 5.75 Å². The first-order chi connectivity index (χ1) is 6.65. The van der Waals surface area contributed by atoms with Gasteiger partial charge in [0.05, 0.1) is 11.4 Å². The van der Waals surface area contributed by atoms with Crippen molar-refractivity contribution in [1.82, 2.24) is 0 Å². The molecule has 2 fully saturated rings. The van der Waals surface area contributed by atoms with Crippen LogP contribution in [0, 0.1) is 0 Å². The highest BCUT2D eigenvalue weighted by Crippen LogP contribution is 2.50. The van der Waals surface area contributed by atoms with Gasteiger partial charge < -0.3 is 14.2 Å². The van der Waals surface area contributed by atoms with Crippen LogP contribution in [0.1, 0.15) is 6.92 Å². The summed E-state index contributed by atoms with van der Waals surface area (Å²) < 4.78 is 17.0. The zero-order valence-electron chi connectivity index (χ0n) is 9.15. The van der Waals surface area contributed by atoms with Crippen LogP contribution in [0.2, 0.25) is 0 Å². The first-order valence-corrected chi connectivity index (χ1v) is 6.05. The van der Waals surface area contributed by atoms with Crippen molar-refractivity contribution in [1.29, 1.82) is 0 Å². The number of thioether (sulfide) groups is 1. The van der Waals surface area contributed by atoms with E-state index in [1.54, 1.807) is 14.2 Å². The smallest absolute Gasteiger partial charge is 0.140 e. The maximum atomic E-state index is 6.03. The molecule has 2 rings (SSSR count). The number of methoxy groups -OCH3 is 2. The Balaban J connectivity index is 2.24. The van der Waals surface area contributed by atoms with Crippen molar-refractivity contribution in [2.45, 2.75) is 36.0 Å². The summed E-state index contributed by atoms with van der Waals surface area (Å²) in [5.41, 5.74) is -0.224. The maximum absolute atomic E-state index is 6.03. The Bertz CT molecular complexity index is 228. The van der Waals surface area contributed by atoms with Gasteiger partial charge in [0.25, 0.3) is 0 Å². The van der Waals surface area contributed by atoms with Crippen molar-refractivity contribution in [2.24, 2.45) is 0 Å². The molecule has 2 aliphatic heterocycles. The third-order valence-electron chi connectivity index (χ3n) is 3.44. The minimum absolute atomic E-state index is 0.0925. The monoisotopic (exact) mass is 216 g/mol. The predicted molar refractivity (Wildman–Crippen MR) is 59.7 cm³/mol. The number of rotatable bonds is 3. The van der Waals surface area contributed by atoms with Crippen molar-refractivity contribution < 1.29 is 14.2 Å². The summed E-state index contributed by atoms with van der Waals surface area (Å²) >= 11 is 1.95. The first-order valence-electron chi connectivity index (χ1n) is 5.00. The standard InChI is InChI=1S/C9H17BO3S/c1-5(11-2)9-4-14-6(7(9)12-3)8(10)13-9/h5-8H,4,10H2,1-3H3/t5?,6-,7?,8+,9-/m0/s1. The van der Waals surface area contributed by atoms with Gasteiger partial charge in [0.1, 0.15) is 19.6 Å². The predicted octanol–water partition coefficient (Wildman–Crippen LogP) is -0.120. The van der Waals surface area contributed by atoms with E-state index in [1.165, 1.54) is 0 Å². The molecule has 80 valence electrons. The average Bonchev–Trinajstić information content (AvgIpc) is 2.68. The van der Waals surface area contributed by atoms with Crippen LogP contribution in [0.4, 0.5) is 0 Å². The lowest BCUT2D eigenvalue weighted by atomic mass is 9.90. The highest BCUT2D eigenvalue weighted by molar-refractivity contribution is 8.00. The normalized spacial score (nSPS) is 48.4.